The molecule has 23 heavy (non-hydrogen) atoms. The van der Waals surface area contributed by atoms with Crippen LogP contribution in [0.25, 0.3) is 0 Å². The lowest BCUT2D eigenvalue weighted by Gasteiger charge is -2.35. The van der Waals surface area contributed by atoms with Gasteiger partial charge in [0, 0.05) is 32.6 Å². The fraction of sp³-hybridized carbons (Fsp3) is 0.667. The molecule has 4 nitrogen and oxygen atoms in total. The number of carbonyl (C=O) groups excluding carboxylic acids is 2. The third-order valence-electron chi connectivity index (χ3n) is 5.97. The average Bonchev–Trinajstić information content (AvgIpc) is 3.32. The second-order valence-corrected chi connectivity index (χ2v) is 8.24. The maximum atomic E-state index is 12.6. The van der Waals surface area contributed by atoms with Crippen molar-refractivity contribution in [2.24, 2.45) is 17.8 Å². The molecule has 3 atom stereocenters. The highest BCUT2D eigenvalue weighted by Gasteiger charge is 2.40. The Morgan fingerprint density at radius 3 is 2.48 bits per heavy atom. The average molecular weight is 332 g/mol. The summed E-state index contributed by atoms with van der Waals surface area (Å²) in [6, 6.07) is 3.78. The van der Waals surface area contributed by atoms with Gasteiger partial charge in [0.2, 0.25) is 5.91 Å². The van der Waals surface area contributed by atoms with Crippen molar-refractivity contribution in [1.29, 1.82) is 0 Å². The van der Waals surface area contributed by atoms with Crippen molar-refractivity contribution in [2.45, 2.75) is 32.1 Å². The Morgan fingerprint density at radius 2 is 1.87 bits per heavy atom. The van der Waals surface area contributed by atoms with Crippen LogP contribution in [0.15, 0.2) is 17.5 Å². The van der Waals surface area contributed by atoms with Crippen LogP contribution in [0.5, 0.6) is 0 Å². The van der Waals surface area contributed by atoms with E-state index in [9.17, 15) is 9.59 Å². The molecule has 1 aromatic rings. The first-order chi connectivity index (χ1) is 11.2. The predicted octanol–water partition coefficient (Wildman–Crippen LogP) is 2.86. The molecule has 0 N–H and O–H groups in total. The van der Waals surface area contributed by atoms with E-state index in [1.165, 1.54) is 37.0 Å². The molecular weight excluding hydrogens is 308 g/mol. The topological polar surface area (TPSA) is 40.6 Å². The lowest BCUT2D eigenvalue weighted by Crippen LogP contribution is -2.50. The Kier molecular flexibility index (Phi) is 4.14. The third kappa shape index (κ3) is 3.03. The van der Waals surface area contributed by atoms with Gasteiger partial charge in [-0.25, -0.2) is 0 Å². The zero-order valence-corrected chi connectivity index (χ0v) is 14.3. The molecule has 0 aromatic carbocycles. The number of amides is 2. The van der Waals surface area contributed by atoms with E-state index in [0.717, 1.165) is 23.1 Å². The molecule has 1 aliphatic heterocycles. The molecule has 0 radical (unpaired) electrons. The number of fused-ring (bicyclic) bond motifs is 2. The van der Waals surface area contributed by atoms with Crippen molar-refractivity contribution in [2.75, 3.05) is 26.2 Å². The summed E-state index contributed by atoms with van der Waals surface area (Å²) in [7, 11) is 0. The number of hydrogen-bond acceptors (Lipinski definition) is 3. The van der Waals surface area contributed by atoms with Crippen LogP contribution in [0.4, 0.5) is 0 Å². The molecule has 2 amide bonds. The molecule has 124 valence electrons. The van der Waals surface area contributed by atoms with E-state index >= 15 is 0 Å². The molecule has 4 rings (SSSR count). The SMILES string of the molecule is O=C(C[C@H]1C[C@H]2CC[C@H]1C2)N1CCN(C(=O)c2cccs2)CC1. The molecule has 2 heterocycles. The summed E-state index contributed by atoms with van der Waals surface area (Å²) in [6.45, 7) is 2.71. The predicted molar refractivity (Wildman–Crippen MR) is 90.4 cm³/mol. The second-order valence-electron chi connectivity index (χ2n) is 7.29. The van der Waals surface area contributed by atoms with Crippen molar-refractivity contribution in [3.63, 3.8) is 0 Å². The molecule has 1 saturated heterocycles. The van der Waals surface area contributed by atoms with E-state index in [4.69, 9.17) is 0 Å². The number of rotatable bonds is 3. The van der Waals surface area contributed by atoms with Gasteiger partial charge < -0.3 is 9.80 Å². The smallest absolute Gasteiger partial charge is 0.264 e. The fourth-order valence-corrected chi connectivity index (χ4v) is 5.39. The van der Waals surface area contributed by atoms with Crippen molar-refractivity contribution in [3.8, 4) is 0 Å². The summed E-state index contributed by atoms with van der Waals surface area (Å²) >= 11 is 1.49. The van der Waals surface area contributed by atoms with Crippen LogP contribution in [-0.4, -0.2) is 47.8 Å². The van der Waals surface area contributed by atoms with Gasteiger partial charge in [-0.05, 0) is 48.5 Å². The first kappa shape index (κ1) is 15.2. The molecule has 2 aliphatic carbocycles. The van der Waals surface area contributed by atoms with Crippen LogP contribution in [0, 0.1) is 17.8 Å². The minimum Gasteiger partial charge on any atom is -0.339 e. The maximum absolute atomic E-state index is 12.6. The highest BCUT2D eigenvalue weighted by molar-refractivity contribution is 7.12. The zero-order valence-electron chi connectivity index (χ0n) is 13.4. The van der Waals surface area contributed by atoms with Gasteiger partial charge in [-0.15, -0.1) is 11.3 Å². The zero-order chi connectivity index (χ0) is 15.8. The summed E-state index contributed by atoms with van der Waals surface area (Å²) in [5.41, 5.74) is 0. The Hall–Kier alpha value is -1.36. The van der Waals surface area contributed by atoms with Gasteiger partial charge in [-0.3, -0.25) is 9.59 Å². The first-order valence-corrected chi connectivity index (χ1v) is 9.69. The molecule has 2 saturated carbocycles. The standard InChI is InChI=1S/C18H24N2O2S/c21-17(12-15-11-13-3-4-14(15)10-13)19-5-7-20(8-6-19)18(22)16-2-1-9-23-16/h1-2,9,13-15H,3-8,10-12H2/t13-,14-,15+/m0/s1. The minimum absolute atomic E-state index is 0.111. The molecular formula is C18H24N2O2S. The van der Waals surface area contributed by atoms with Gasteiger partial charge in [-0.1, -0.05) is 12.5 Å². The fourth-order valence-electron chi connectivity index (χ4n) is 4.69. The molecule has 0 spiro atoms. The maximum Gasteiger partial charge on any atom is 0.264 e. The molecule has 0 unspecified atom stereocenters. The van der Waals surface area contributed by atoms with Gasteiger partial charge in [0.15, 0.2) is 0 Å². The van der Waals surface area contributed by atoms with Crippen molar-refractivity contribution >= 4 is 23.2 Å². The summed E-state index contributed by atoms with van der Waals surface area (Å²) in [6.07, 6.45) is 6.10. The second kappa shape index (κ2) is 6.27. The lowest BCUT2D eigenvalue weighted by molar-refractivity contribution is -0.134. The molecule has 1 aromatic heterocycles. The van der Waals surface area contributed by atoms with Crippen LogP contribution in [0.1, 0.15) is 41.8 Å². The van der Waals surface area contributed by atoms with E-state index in [0.29, 0.717) is 38.0 Å². The molecule has 2 bridgehead atoms. The molecule has 3 aliphatic rings. The number of piperazine rings is 1. The van der Waals surface area contributed by atoms with E-state index in [-0.39, 0.29) is 5.91 Å². The largest absolute Gasteiger partial charge is 0.339 e. The third-order valence-corrected chi connectivity index (χ3v) is 6.83. The number of nitrogens with zero attached hydrogens (tertiary/aromatic N) is 2. The van der Waals surface area contributed by atoms with Gasteiger partial charge in [-0.2, -0.15) is 0 Å². The first-order valence-electron chi connectivity index (χ1n) is 8.81. The van der Waals surface area contributed by atoms with Crippen LogP contribution in [0.3, 0.4) is 0 Å². The molecule has 3 fully saturated rings. The van der Waals surface area contributed by atoms with Crippen LogP contribution in [0.2, 0.25) is 0 Å². The van der Waals surface area contributed by atoms with Crippen LogP contribution in [-0.2, 0) is 4.79 Å². The molecule has 5 heteroatoms. The van der Waals surface area contributed by atoms with E-state index < -0.39 is 0 Å². The Balaban J connectivity index is 1.28. The highest BCUT2D eigenvalue weighted by atomic mass is 32.1. The van der Waals surface area contributed by atoms with Crippen molar-refractivity contribution < 1.29 is 9.59 Å². The summed E-state index contributed by atoms with van der Waals surface area (Å²) in [5.74, 6) is 2.77. The van der Waals surface area contributed by atoms with Crippen LogP contribution < -0.4 is 0 Å². The van der Waals surface area contributed by atoms with E-state index in [1.807, 2.05) is 27.3 Å². The van der Waals surface area contributed by atoms with E-state index in [1.54, 1.807) is 0 Å². The Labute approximate surface area is 141 Å². The van der Waals surface area contributed by atoms with Gasteiger partial charge in [0.25, 0.3) is 5.91 Å². The van der Waals surface area contributed by atoms with Gasteiger partial charge in [0.1, 0.15) is 0 Å². The summed E-state index contributed by atoms with van der Waals surface area (Å²) in [5, 5.41) is 1.93. The van der Waals surface area contributed by atoms with Gasteiger partial charge in [0.05, 0.1) is 4.88 Å². The van der Waals surface area contributed by atoms with Crippen LogP contribution >= 0.6 is 11.3 Å². The minimum atomic E-state index is 0.111. The number of thiophene rings is 1. The normalized spacial score (nSPS) is 30.0. The Morgan fingerprint density at radius 1 is 1.09 bits per heavy atom. The van der Waals surface area contributed by atoms with Crippen molar-refractivity contribution in [1.82, 2.24) is 9.80 Å². The number of hydrogen-bond donors (Lipinski definition) is 0. The van der Waals surface area contributed by atoms with E-state index in [2.05, 4.69) is 0 Å². The quantitative estimate of drug-likeness (QED) is 0.854. The van der Waals surface area contributed by atoms with Gasteiger partial charge >= 0.3 is 0 Å². The highest BCUT2D eigenvalue weighted by Crippen LogP contribution is 2.49. The van der Waals surface area contributed by atoms with Crippen molar-refractivity contribution in [3.05, 3.63) is 22.4 Å². The summed E-state index contributed by atoms with van der Waals surface area (Å²) in [4.78, 5) is 29.6. The Bertz CT molecular complexity index is 578. The summed E-state index contributed by atoms with van der Waals surface area (Å²) < 4.78 is 0. The number of carbonyl (C=O) groups is 2. The monoisotopic (exact) mass is 332 g/mol. The lowest BCUT2D eigenvalue weighted by atomic mass is 9.86.